The smallest absolute Gasteiger partial charge is 0.261 e. The van der Waals surface area contributed by atoms with E-state index < -0.39 is 0 Å². The number of hydrogen-bond donors (Lipinski definition) is 1. The van der Waals surface area contributed by atoms with Gasteiger partial charge in [0, 0.05) is 5.56 Å². The highest BCUT2D eigenvalue weighted by Crippen LogP contribution is 2.29. The second kappa shape index (κ2) is 9.78. The summed E-state index contributed by atoms with van der Waals surface area (Å²) in [6, 6.07) is 13.8. The van der Waals surface area contributed by atoms with Gasteiger partial charge in [0.2, 0.25) is 0 Å². The van der Waals surface area contributed by atoms with E-state index in [-0.39, 0.29) is 18.6 Å². The van der Waals surface area contributed by atoms with Gasteiger partial charge in [-0.3, -0.25) is 4.79 Å². The van der Waals surface area contributed by atoms with Crippen molar-refractivity contribution in [2.75, 3.05) is 20.3 Å². The molecule has 0 saturated carbocycles. The topological polar surface area (TPSA) is 69.2 Å². The van der Waals surface area contributed by atoms with Crippen molar-refractivity contribution in [3.8, 4) is 11.5 Å². The first-order chi connectivity index (χ1) is 13.7. The highest BCUT2D eigenvalue weighted by atomic mass is 16.6. The molecule has 1 atom stereocenters. The Kier molecular flexibility index (Phi) is 6.89. The van der Waals surface area contributed by atoms with Crippen LogP contribution in [0.2, 0.25) is 0 Å². The highest BCUT2D eigenvalue weighted by molar-refractivity contribution is 5.81. The molecule has 0 radical (unpaired) electrons. The molecule has 1 N–H and O–H groups in total. The molecule has 1 aliphatic rings. The summed E-state index contributed by atoms with van der Waals surface area (Å²) >= 11 is 0. The standard InChI is InChI=1S/C22H26N2O4/c1-3-27-20-12-11-16(13-21(20)26-2)14-23-28-15-22(25)24-19-10-6-8-17-7-4-5-9-18(17)19/h4-5,7,9,11-14,19H,3,6,8,10,15H2,1-2H3,(H,24,25)/b23-14-/t19-/m0/s1. The van der Waals surface area contributed by atoms with Crippen LogP contribution in [0.15, 0.2) is 47.6 Å². The van der Waals surface area contributed by atoms with E-state index in [2.05, 4.69) is 22.6 Å². The van der Waals surface area contributed by atoms with Gasteiger partial charge in [-0.15, -0.1) is 0 Å². The number of nitrogens with zero attached hydrogens (tertiary/aromatic N) is 1. The van der Waals surface area contributed by atoms with E-state index in [1.165, 1.54) is 11.1 Å². The monoisotopic (exact) mass is 382 g/mol. The van der Waals surface area contributed by atoms with Crippen LogP contribution in [0.4, 0.5) is 0 Å². The van der Waals surface area contributed by atoms with Gasteiger partial charge in [-0.2, -0.15) is 0 Å². The van der Waals surface area contributed by atoms with Crippen LogP contribution < -0.4 is 14.8 Å². The molecule has 0 aromatic heterocycles. The summed E-state index contributed by atoms with van der Waals surface area (Å²) in [6.07, 6.45) is 4.62. The first kappa shape index (κ1) is 19.7. The largest absolute Gasteiger partial charge is 0.493 e. The first-order valence-electron chi connectivity index (χ1n) is 9.54. The summed E-state index contributed by atoms with van der Waals surface area (Å²) < 4.78 is 10.8. The van der Waals surface area contributed by atoms with Crippen molar-refractivity contribution in [2.24, 2.45) is 5.16 Å². The number of nitrogens with one attached hydrogen (secondary N) is 1. The molecule has 0 bridgehead atoms. The quantitative estimate of drug-likeness (QED) is 0.559. The van der Waals surface area contributed by atoms with Crippen molar-refractivity contribution >= 4 is 12.1 Å². The fourth-order valence-electron chi connectivity index (χ4n) is 3.37. The van der Waals surface area contributed by atoms with Crippen LogP contribution in [0, 0.1) is 0 Å². The van der Waals surface area contributed by atoms with Crippen LogP contribution >= 0.6 is 0 Å². The fourth-order valence-corrected chi connectivity index (χ4v) is 3.37. The third-order valence-electron chi connectivity index (χ3n) is 4.66. The van der Waals surface area contributed by atoms with E-state index in [4.69, 9.17) is 14.3 Å². The lowest BCUT2D eigenvalue weighted by atomic mass is 9.88. The molecule has 148 valence electrons. The number of oxime groups is 1. The molecule has 3 rings (SSSR count). The van der Waals surface area contributed by atoms with Gasteiger partial charge in [-0.05, 0) is 55.5 Å². The Hall–Kier alpha value is -3.02. The van der Waals surface area contributed by atoms with E-state index in [9.17, 15) is 4.79 Å². The minimum Gasteiger partial charge on any atom is -0.493 e. The van der Waals surface area contributed by atoms with Crippen LogP contribution in [0.1, 0.15) is 42.5 Å². The number of carbonyl (C=O) groups excluding carboxylic acids is 1. The Balaban J connectivity index is 1.51. The van der Waals surface area contributed by atoms with Crippen LogP contribution in [0.5, 0.6) is 11.5 Å². The molecule has 6 heteroatoms. The summed E-state index contributed by atoms with van der Waals surface area (Å²) in [7, 11) is 1.59. The maximum atomic E-state index is 12.2. The van der Waals surface area contributed by atoms with Crippen LogP contribution in [0.3, 0.4) is 0 Å². The minimum atomic E-state index is -0.178. The number of hydrogen-bond acceptors (Lipinski definition) is 5. The Morgan fingerprint density at radius 1 is 1.25 bits per heavy atom. The lowest BCUT2D eigenvalue weighted by Gasteiger charge is -2.26. The Morgan fingerprint density at radius 2 is 2.11 bits per heavy atom. The molecule has 0 heterocycles. The average Bonchev–Trinajstić information content (AvgIpc) is 2.72. The van der Waals surface area contributed by atoms with Gasteiger partial charge in [0.15, 0.2) is 18.1 Å². The zero-order chi connectivity index (χ0) is 19.8. The maximum Gasteiger partial charge on any atom is 0.261 e. The van der Waals surface area contributed by atoms with Gasteiger partial charge in [0.05, 0.1) is 26.0 Å². The Labute approximate surface area is 165 Å². The molecule has 0 unspecified atom stereocenters. The van der Waals surface area contributed by atoms with Gasteiger partial charge in [-0.1, -0.05) is 29.4 Å². The molecule has 0 fully saturated rings. The van der Waals surface area contributed by atoms with Crippen LogP contribution in [-0.4, -0.2) is 32.4 Å². The predicted octanol–water partition coefficient (Wildman–Crippen LogP) is 3.64. The number of rotatable bonds is 8. The lowest BCUT2D eigenvalue weighted by Crippen LogP contribution is -2.33. The molecular weight excluding hydrogens is 356 g/mol. The molecule has 1 amide bonds. The number of methoxy groups -OCH3 is 1. The van der Waals surface area contributed by atoms with Crippen molar-refractivity contribution in [2.45, 2.75) is 32.2 Å². The molecule has 0 spiro atoms. The summed E-state index contributed by atoms with van der Waals surface area (Å²) in [5.41, 5.74) is 3.30. The van der Waals surface area contributed by atoms with E-state index >= 15 is 0 Å². The molecule has 0 saturated heterocycles. The average molecular weight is 382 g/mol. The normalized spacial score (nSPS) is 15.7. The number of aryl methyl sites for hydroxylation is 1. The second-order valence-electron chi connectivity index (χ2n) is 6.56. The molecule has 28 heavy (non-hydrogen) atoms. The summed E-state index contributed by atoms with van der Waals surface area (Å²) in [4.78, 5) is 17.4. The van der Waals surface area contributed by atoms with Crippen LogP contribution in [0.25, 0.3) is 0 Å². The molecule has 2 aromatic carbocycles. The summed E-state index contributed by atoms with van der Waals surface area (Å²) in [5.74, 6) is 1.12. The summed E-state index contributed by atoms with van der Waals surface area (Å²) in [5, 5.41) is 6.93. The fraction of sp³-hybridized carbons (Fsp3) is 0.364. The van der Waals surface area contributed by atoms with Crippen LogP contribution in [-0.2, 0) is 16.1 Å². The molecule has 6 nitrogen and oxygen atoms in total. The molecule has 2 aromatic rings. The SMILES string of the molecule is CCOc1ccc(/C=N\OCC(=O)N[C@H]2CCCc3ccccc32)cc1OC. The van der Waals surface area contributed by atoms with Crippen molar-refractivity contribution in [1.82, 2.24) is 5.32 Å². The zero-order valence-electron chi connectivity index (χ0n) is 16.3. The van der Waals surface area contributed by atoms with E-state index in [0.717, 1.165) is 24.8 Å². The van der Waals surface area contributed by atoms with Gasteiger partial charge in [-0.25, -0.2) is 0 Å². The van der Waals surface area contributed by atoms with E-state index in [1.807, 2.05) is 31.2 Å². The maximum absolute atomic E-state index is 12.2. The van der Waals surface area contributed by atoms with Crippen molar-refractivity contribution in [3.05, 3.63) is 59.2 Å². The van der Waals surface area contributed by atoms with Crippen molar-refractivity contribution in [1.29, 1.82) is 0 Å². The van der Waals surface area contributed by atoms with E-state index in [1.54, 1.807) is 19.4 Å². The van der Waals surface area contributed by atoms with Gasteiger partial charge >= 0.3 is 0 Å². The Morgan fingerprint density at radius 3 is 2.93 bits per heavy atom. The number of amides is 1. The third kappa shape index (κ3) is 5.03. The van der Waals surface area contributed by atoms with E-state index in [0.29, 0.717) is 18.1 Å². The number of ether oxygens (including phenoxy) is 2. The highest BCUT2D eigenvalue weighted by Gasteiger charge is 2.21. The number of benzene rings is 2. The molecule has 1 aliphatic carbocycles. The van der Waals surface area contributed by atoms with Gasteiger partial charge in [0.1, 0.15) is 0 Å². The number of fused-ring (bicyclic) bond motifs is 1. The first-order valence-corrected chi connectivity index (χ1v) is 9.54. The predicted molar refractivity (Wildman–Crippen MR) is 108 cm³/mol. The zero-order valence-corrected chi connectivity index (χ0v) is 16.3. The minimum absolute atomic E-state index is 0.0420. The van der Waals surface area contributed by atoms with Gasteiger partial charge in [0.25, 0.3) is 5.91 Å². The molecular formula is C22H26N2O4. The third-order valence-corrected chi connectivity index (χ3v) is 4.66. The molecule has 0 aliphatic heterocycles. The van der Waals surface area contributed by atoms with Crippen molar-refractivity contribution < 1.29 is 19.1 Å². The summed E-state index contributed by atoms with van der Waals surface area (Å²) in [6.45, 7) is 2.36. The lowest BCUT2D eigenvalue weighted by molar-refractivity contribution is -0.126. The number of carbonyl (C=O) groups is 1. The second-order valence-corrected chi connectivity index (χ2v) is 6.56. The van der Waals surface area contributed by atoms with Gasteiger partial charge < -0.3 is 19.6 Å². The van der Waals surface area contributed by atoms with Crippen molar-refractivity contribution in [3.63, 3.8) is 0 Å². The Bertz CT molecular complexity index is 835.